The molecule has 0 aliphatic carbocycles. The first-order valence-electron chi connectivity index (χ1n) is 9.17. The van der Waals surface area contributed by atoms with Gasteiger partial charge in [-0.1, -0.05) is 12.0 Å². The minimum Gasteiger partial charge on any atom is -0.449 e. The Labute approximate surface area is 191 Å². The Morgan fingerprint density at radius 2 is 1.91 bits per heavy atom. The molecular formula is C20H16F3N3O7S. The second-order valence-corrected chi connectivity index (χ2v) is 8.35. The summed E-state index contributed by atoms with van der Waals surface area (Å²) in [6.45, 7) is 0.776. The molecule has 180 valence electrons. The zero-order valence-electron chi connectivity index (χ0n) is 17.3. The number of alkyl halides is 3. The number of terminal acetylenes is 1. The van der Waals surface area contributed by atoms with Crippen LogP contribution in [0.3, 0.4) is 0 Å². The predicted octanol–water partition coefficient (Wildman–Crippen LogP) is 2.71. The lowest BCUT2D eigenvalue weighted by Gasteiger charge is -2.17. The molecule has 0 saturated heterocycles. The van der Waals surface area contributed by atoms with E-state index < -0.39 is 56.0 Å². The van der Waals surface area contributed by atoms with Crippen LogP contribution in [0.15, 0.2) is 47.4 Å². The summed E-state index contributed by atoms with van der Waals surface area (Å²) in [7, 11) is -4.03. The van der Waals surface area contributed by atoms with Crippen molar-refractivity contribution in [1.29, 1.82) is 0 Å². The van der Waals surface area contributed by atoms with Gasteiger partial charge in [-0.2, -0.15) is 17.9 Å². The number of nitro benzene ring substituents is 1. The standard InChI is InChI=1S/C20H16F3N3O7S/c1-3-9-24-34(31,32)15-6-4-5-13(10-15)19(28)33-12(2)18(27)25-17-8-7-14(26(29)30)11-16(17)20(21,22)23/h1,4-8,10-12,24H,9H2,2H3,(H,25,27). The average Bonchev–Trinajstić information content (AvgIpc) is 2.77. The van der Waals surface area contributed by atoms with Crippen LogP contribution in [0.2, 0.25) is 0 Å². The number of nitro groups is 1. The Bertz CT molecular complexity index is 1270. The maximum atomic E-state index is 13.3. The second kappa shape index (κ2) is 10.3. The van der Waals surface area contributed by atoms with E-state index in [0.29, 0.717) is 6.07 Å². The van der Waals surface area contributed by atoms with Crippen LogP contribution in [0.25, 0.3) is 0 Å². The van der Waals surface area contributed by atoms with Gasteiger partial charge in [0.15, 0.2) is 6.10 Å². The fraction of sp³-hybridized carbons (Fsp3) is 0.200. The molecule has 2 aromatic carbocycles. The molecule has 14 heteroatoms. The highest BCUT2D eigenvalue weighted by molar-refractivity contribution is 7.89. The van der Waals surface area contributed by atoms with Crippen molar-refractivity contribution < 1.29 is 40.8 Å². The summed E-state index contributed by atoms with van der Waals surface area (Å²) >= 11 is 0. The Kier molecular flexibility index (Phi) is 7.98. The first kappa shape index (κ1) is 26.3. The van der Waals surface area contributed by atoms with Crippen LogP contribution >= 0.6 is 0 Å². The number of ether oxygens (including phenoxy) is 1. The number of anilines is 1. The quantitative estimate of drug-likeness (QED) is 0.246. The van der Waals surface area contributed by atoms with Crippen molar-refractivity contribution >= 4 is 33.3 Å². The molecule has 34 heavy (non-hydrogen) atoms. The Morgan fingerprint density at radius 1 is 1.24 bits per heavy atom. The maximum Gasteiger partial charge on any atom is 0.418 e. The minimum absolute atomic E-state index is 0.255. The minimum atomic E-state index is -5.02. The number of halogens is 3. The van der Waals surface area contributed by atoms with E-state index in [1.165, 1.54) is 18.2 Å². The number of carbonyl (C=O) groups excluding carboxylic acids is 2. The molecule has 0 bridgehead atoms. The van der Waals surface area contributed by atoms with Crippen LogP contribution in [0.1, 0.15) is 22.8 Å². The van der Waals surface area contributed by atoms with Gasteiger partial charge in [-0.25, -0.2) is 13.2 Å². The zero-order chi connectivity index (χ0) is 25.7. The first-order chi connectivity index (χ1) is 15.8. The SMILES string of the molecule is C#CCNS(=O)(=O)c1cccc(C(=O)OC(C)C(=O)Nc2ccc([N+](=O)[O-])cc2C(F)(F)F)c1. The summed E-state index contributed by atoms with van der Waals surface area (Å²) in [4.78, 5) is 34.1. The Morgan fingerprint density at radius 3 is 2.50 bits per heavy atom. The lowest BCUT2D eigenvalue weighted by molar-refractivity contribution is -0.385. The molecule has 1 amide bonds. The van der Waals surface area contributed by atoms with Crippen molar-refractivity contribution in [1.82, 2.24) is 4.72 Å². The summed E-state index contributed by atoms with van der Waals surface area (Å²) in [5.74, 6) is -0.207. The van der Waals surface area contributed by atoms with Crippen LogP contribution in [0.4, 0.5) is 24.5 Å². The molecule has 0 aliphatic heterocycles. The molecule has 1 atom stereocenters. The monoisotopic (exact) mass is 499 g/mol. The van der Waals surface area contributed by atoms with Crippen LogP contribution in [0.5, 0.6) is 0 Å². The molecule has 2 rings (SSSR count). The number of non-ortho nitro benzene ring substituents is 1. The second-order valence-electron chi connectivity index (χ2n) is 6.58. The summed E-state index contributed by atoms with van der Waals surface area (Å²) < 4.78 is 71.0. The van der Waals surface area contributed by atoms with E-state index in [1.807, 2.05) is 5.32 Å². The molecule has 0 saturated carbocycles. The molecular weight excluding hydrogens is 483 g/mol. The van der Waals surface area contributed by atoms with Crippen LogP contribution in [0, 0.1) is 22.5 Å². The average molecular weight is 499 g/mol. The van der Waals surface area contributed by atoms with Gasteiger partial charge in [-0.3, -0.25) is 14.9 Å². The fourth-order valence-electron chi connectivity index (χ4n) is 2.52. The third-order valence-corrected chi connectivity index (χ3v) is 5.57. The lowest BCUT2D eigenvalue weighted by atomic mass is 10.1. The molecule has 10 nitrogen and oxygen atoms in total. The number of esters is 1. The Balaban J connectivity index is 2.18. The summed E-state index contributed by atoms with van der Waals surface area (Å²) in [5, 5.41) is 12.7. The number of nitrogens with one attached hydrogen (secondary N) is 2. The van der Waals surface area contributed by atoms with E-state index in [-0.39, 0.29) is 23.1 Å². The van der Waals surface area contributed by atoms with Gasteiger partial charge in [-0.05, 0) is 31.2 Å². The van der Waals surface area contributed by atoms with Crippen molar-refractivity contribution in [2.24, 2.45) is 0 Å². The van der Waals surface area contributed by atoms with Crippen LogP contribution in [-0.4, -0.2) is 37.9 Å². The molecule has 0 radical (unpaired) electrons. The first-order valence-corrected chi connectivity index (χ1v) is 10.6. The van der Waals surface area contributed by atoms with Crippen molar-refractivity contribution in [2.75, 3.05) is 11.9 Å². The van der Waals surface area contributed by atoms with Gasteiger partial charge in [0, 0.05) is 12.1 Å². The number of nitrogens with zero attached hydrogens (tertiary/aromatic N) is 1. The van der Waals surface area contributed by atoms with Gasteiger partial charge in [0.2, 0.25) is 10.0 Å². The molecule has 0 aromatic heterocycles. The molecule has 1 unspecified atom stereocenters. The molecule has 0 aliphatic rings. The van der Waals surface area contributed by atoms with Gasteiger partial charge in [0.05, 0.1) is 33.2 Å². The van der Waals surface area contributed by atoms with Gasteiger partial charge in [-0.15, -0.1) is 6.42 Å². The number of hydrogen-bond donors (Lipinski definition) is 2. The van der Waals surface area contributed by atoms with E-state index in [0.717, 1.165) is 19.1 Å². The van der Waals surface area contributed by atoms with Crippen LogP contribution < -0.4 is 10.0 Å². The molecule has 0 spiro atoms. The number of rotatable bonds is 8. The number of carbonyl (C=O) groups is 2. The van der Waals surface area contributed by atoms with Crippen molar-refractivity contribution in [2.45, 2.75) is 24.1 Å². The van der Waals surface area contributed by atoms with Gasteiger partial charge in [0.1, 0.15) is 0 Å². The number of sulfonamides is 1. The molecule has 2 aromatic rings. The summed E-state index contributed by atoms with van der Waals surface area (Å²) in [6, 6.07) is 6.30. The van der Waals surface area contributed by atoms with E-state index in [9.17, 15) is 41.3 Å². The summed E-state index contributed by atoms with van der Waals surface area (Å²) in [5.41, 5.74) is -3.34. The van der Waals surface area contributed by atoms with Gasteiger partial charge < -0.3 is 10.1 Å². The largest absolute Gasteiger partial charge is 0.449 e. The molecule has 0 fully saturated rings. The fourth-order valence-corrected chi connectivity index (χ4v) is 3.50. The highest BCUT2D eigenvalue weighted by Crippen LogP contribution is 2.37. The molecule has 2 N–H and O–H groups in total. The van der Waals surface area contributed by atoms with Gasteiger partial charge in [0.25, 0.3) is 11.6 Å². The smallest absolute Gasteiger partial charge is 0.418 e. The normalized spacial score (nSPS) is 12.3. The van der Waals surface area contributed by atoms with E-state index in [2.05, 4.69) is 10.6 Å². The van der Waals surface area contributed by atoms with Crippen molar-refractivity contribution in [3.05, 3.63) is 63.7 Å². The third-order valence-electron chi connectivity index (χ3n) is 4.17. The number of hydrogen-bond acceptors (Lipinski definition) is 7. The lowest BCUT2D eigenvalue weighted by Crippen LogP contribution is -2.31. The van der Waals surface area contributed by atoms with E-state index in [4.69, 9.17) is 11.2 Å². The predicted molar refractivity (Wildman–Crippen MR) is 112 cm³/mol. The zero-order valence-corrected chi connectivity index (χ0v) is 18.1. The number of benzene rings is 2. The van der Waals surface area contributed by atoms with Crippen molar-refractivity contribution in [3.8, 4) is 12.3 Å². The third kappa shape index (κ3) is 6.53. The van der Waals surface area contributed by atoms with Crippen molar-refractivity contribution in [3.63, 3.8) is 0 Å². The maximum absolute atomic E-state index is 13.3. The highest BCUT2D eigenvalue weighted by atomic mass is 32.2. The highest BCUT2D eigenvalue weighted by Gasteiger charge is 2.36. The summed E-state index contributed by atoms with van der Waals surface area (Å²) in [6.07, 6.45) is -1.62. The van der Waals surface area contributed by atoms with Crippen LogP contribution in [-0.2, 0) is 25.7 Å². The molecule has 0 heterocycles. The topological polar surface area (TPSA) is 145 Å². The van der Waals surface area contributed by atoms with Gasteiger partial charge >= 0.3 is 12.1 Å². The van der Waals surface area contributed by atoms with E-state index >= 15 is 0 Å². The number of amides is 1. The Hall–Kier alpha value is -3.96. The van der Waals surface area contributed by atoms with E-state index in [1.54, 1.807) is 0 Å².